The Morgan fingerprint density at radius 2 is 2.00 bits per heavy atom. The van der Waals surface area contributed by atoms with Crippen molar-refractivity contribution in [2.24, 2.45) is 5.92 Å². The van der Waals surface area contributed by atoms with Gasteiger partial charge in [-0.1, -0.05) is 13.8 Å². The molecule has 3 heteroatoms. The van der Waals surface area contributed by atoms with Gasteiger partial charge in [-0.2, -0.15) is 0 Å². The highest BCUT2D eigenvalue weighted by Crippen LogP contribution is 2.49. The third-order valence-corrected chi connectivity index (χ3v) is 3.73. The Morgan fingerprint density at radius 1 is 1.31 bits per heavy atom. The van der Waals surface area contributed by atoms with E-state index in [0.717, 1.165) is 19.4 Å². The van der Waals surface area contributed by atoms with Gasteiger partial charge in [0.05, 0.1) is 6.54 Å². The molecule has 13 heavy (non-hydrogen) atoms. The maximum atomic E-state index is 13.2. The topological polar surface area (TPSA) is 3.24 Å². The number of hydrogen-bond acceptors (Lipinski definition) is 1. The zero-order chi connectivity index (χ0) is 9.69. The van der Waals surface area contributed by atoms with Crippen molar-refractivity contribution in [1.29, 1.82) is 0 Å². The normalized spacial score (nSPS) is 38.5. The lowest BCUT2D eigenvalue weighted by Gasteiger charge is -2.35. The van der Waals surface area contributed by atoms with Crippen LogP contribution in [-0.2, 0) is 0 Å². The lowest BCUT2D eigenvalue weighted by atomic mass is 9.82. The van der Waals surface area contributed by atoms with E-state index in [1.54, 1.807) is 0 Å². The highest BCUT2D eigenvalue weighted by molar-refractivity contribution is 5.07. The van der Waals surface area contributed by atoms with Crippen molar-refractivity contribution >= 4 is 0 Å². The number of halogens is 2. The van der Waals surface area contributed by atoms with E-state index in [1.807, 2.05) is 4.90 Å². The second-order valence-electron chi connectivity index (χ2n) is 4.82. The quantitative estimate of drug-likeness (QED) is 0.612. The fourth-order valence-corrected chi connectivity index (χ4v) is 3.03. The molecule has 1 unspecified atom stereocenters. The van der Waals surface area contributed by atoms with Gasteiger partial charge in [0, 0.05) is 12.0 Å². The first-order valence-electron chi connectivity index (χ1n) is 5.09. The lowest BCUT2D eigenvalue weighted by molar-refractivity contribution is 0.00826. The highest BCUT2D eigenvalue weighted by Gasteiger charge is 2.57. The maximum Gasteiger partial charge on any atom is 0.262 e. The van der Waals surface area contributed by atoms with Crippen LogP contribution in [0.4, 0.5) is 8.78 Å². The van der Waals surface area contributed by atoms with Gasteiger partial charge in [-0.25, -0.2) is 8.78 Å². The van der Waals surface area contributed by atoms with Crippen molar-refractivity contribution in [1.82, 2.24) is 4.90 Å². The van der Waals surface area contributed by atoms with Crippen molar-refractivity contribution in [2.45, 2.75) is 44.6 Å². The zero-order valence-corrected chi connectivity index (χ0v) is 8.32. The van der Waals surface area contributed by atoms with E-state index in [1.165, 1.54) is 0 Å². The van der Waals surface area contributed by atoms with Crippen molar-refractivity contribution in [3.05, 3.63) is 0 Å². The van der Waals surface area contributed by atoms with Gasteiger partial charge in [-0.15, -0.1) is 0 Å². The van der Waals surface area contributed by atoms with Gasteiger partial charge in [0.15, 0.2) is 0 Å². The molecule has 2 aliphatic heterocycles. The minimum absolute atomic E-state index is 0.00875. The second-order valence-corrected chi connectivity index (χ2v) is 4.82. The number of fused-ring (bicyclic) bond motifs is 1. The largest absolute Gasteiger partial charge is 0.291 e. The van der Waals surface area contributed by atoms with Crippen molar-refractivity contribution < 1.29 is 8.78 Å². The molecule has 0 spiro atoms. The first kappa shape index (κ1) is 9.38. The van der Waals surface area contributed by atoms with Gasteiger partial charge in [0.1, 0.15) is 0 Å². The fourth-order valence-electron chi connectivity index (χ4n) is 3.03. The van der Waals surface area contributed by atoms with Crippen molar-refractivity contribution in [3.8, 4) is 0 Å². The van der Waals surface area contributed by atoms with E-state index in [2.05, 4.69) is 13.8 Å². The summed E-state index contributed by atoms with van der Waals surface area (Å²) in [5, 5.41) is 0. The van der Waals surface area contributed by atoms with Crippen LogP contribution in [0.3, 0.4) is 0 Å². The van der Waals surface area contributed by atoms with Gasteiger partial charge in [-0.3, -0.25) is 4.90 Å². The predicted octanol–water partition coefficient (Wildman–Crippen LogP) is 2.52. The van der Waals surface area contributed by atoms with Crippen LogP contribution < -0.4 is 0 Å². The molecule has 0 saturated carbocycles. The summed E-state index contributed by atoms with van der Waals surface area (Å²) in [5.74, 6) is -2.09. The molecule has 76 valence electrons. The Bertz CT molecular complexity index is 215. The minimum Gasteiger partial charge on any atom is -0.291 e. The van der Waals surface area contributed by atoms with E-state index in [-0.39, 0.29) is 18.5 Å². The second kappa shape index (κ2) is 2.66. The number of nitrogens with zero attached hydrogens (tertiary/aromatic N) is 1. The molecule has 1 atom stereocenters. The summed E-state index contributed by atoms with van der Waals surface area (Å²) < 4.78 is 26.5. The molecular formula is C10H17F2N. The van der Waals surface area contributed by atoms with Crippen molar-refractivity contribution in [2.75, 3.05) is 13.1 Å². The molecule has 0 amide bonds. The Balaban J connectivity index is 2.25. The van der Waals surface area contributed by atoms with Crippen LogP contribution in [0.2, 0.25) is 0 Å². The van der Waals surface area contributed by atoms with Crippen LogP contribution in [0.1, 0.15) is 33.1 Å². The first-order chi connectivity index (χ1) is 5.96. The number of alkyl halides is 2. The molecule has 1 nitrogen and oxygen atoms in total. The maximum absolute atomic E-state index is 13.2. The van der Waals surface area contributed by atoms with E-state index in [4.69, 9.17) is 0 Å². The summed E-state index contributed by atoms with van der Waals surface area (Å²) in [5.41, 5.74) is -0.177. The molecule has 0 radical (unpaired) electrons. The molecule has 2 aliphatic rings. The van der Waals surface area contributed by atoms with E-state index in [9.17, 15) is 8.78 Å². The van der Waals surface area contributed by atoms with E-state index in [0.29, 0.717) is 5.92 Å². The van der Waals surface area contributed by atoms with Gasteiger partial charge in [-0.05, 0) is 25.3 Å². The van der Waals surface area contributed by atoms with Crippen LogP contribution in [0.5, 0.6) is 0 Å². The van der Waals surface area contributed by atoms with Crippen LogP contribution >= 0.6 is 0 Å². The van der Waals surface area contributed by atoms with E-state index >= 15 is 0 Å². The Morgan fingerprint density at radius 3 is 2.54 bits per heavy atom. The molecule has 0 aromatic heterocycles. The highest BCUT2D eigenvalue weighted by atomic mass is 19.3. The zero-order valence-electron chi connectivity index (χ0n) is 8.32. The Hall–Kier alpha value is -0.180. The third kappa shape index (κ3) is 1.28. The summed E-state index contributed by atoms with van der Waals surface area (Å²) in [7, 11) is 0. The molecule has 0 N–H and O–H groups in total. The summed E-state index contributed by atoms with van der Waals surface area (Å²) in [6.07, 6.45) is 2.13. The summed E-state index contributed by atoms with van der Waals surface area (Å²) in [4.78, 5) is 2.01. The minimum atomic E-state index is -2.44. The number of hydrogen-bond donors (Lipinski definition) is 0. The van der Waals surface area contributed by atoms with Gasteiger partial charge in [0.25, 0.3) is 5.92 Å². The lowest BCUT2D eigenvalue weighted by Crippen LogP contribution is -2.42. The van der Waals surface area contributed by atoms with Crippen LogP contribution in [0.25, 0.3) is 0 Å². The summed E-state index contributed by atoms with van der Waals surface area (Å²) >= 11 is 0. The third-order valence-electron chi connectivity index (χ3n) is 3.73. The summed E-state index contributed by atoms with van der Waals surface area (Å²) in [6, 6.07) is 0. The first-order valence-corrected chi connectivity index (χ1v) is 5.09. The monoisotopic (exact) mass is 189 g/mol. The SMILES string of the molecule is CC(C)C12CCCN1CC(F)(F)C2. The van der Waals surface area contributed by atoms with Gasteiger partial charge < -0.3 is 0 Å². The molecule has 0 aromatic carbocycles. The molecule has 0 aliphatic carbocycles. The molecule has 2 saturated heterocycles. The average Bonchev–Trinajstić information content (AvgIpc) is 2.40. The average molecular weight is 189 g/mol. The predicted molar refractivity (Wildman–Crippen MR) is 47.9 cm³/mol. The molecular weight excluding hydrogens is 172 g/mol. The molecule has 0 aromatic rings. The Labute approximate surface area is 78.1 Å². The number of rotatable bonds is 1. The fraction of sp³-hybridized carbons (Fsp3) is 1.00. The van der Waals surface area contributed by atoms with Crippen LogP contribution in [0, 0.1) is 5.92 Å². The Kier molecular flexibility index (Phi) is 1.92. The smallest absolute Gasteiger partial charge is 0.262 e. The van der Waals surface area contributed by atoms with Crippen LogP contribution in [0.15, 0.2) is 0 Å². The molecule has 2 heterocycles. The molecule has 2 fully saturated rings. The van der Waals surface area contributed by atoms with Gasteiger partial charge in [0.2, 0.25) is 0 Å². The molecule has 2 rings (SSSR count). The van der Waals surface area contributed by atoms with Crippen LogP contribution in [-0.4, -0.2) is 29.5 Å². The molecule has 0 bridgehead atoms. The van der Waals surface area contributed by atoms with E-state index < -0.39 is 5.92 Å². The van der Waals surface area contributed by atoms with Gasteiger partial charge >= 0.3 is 0 Å². The van der Waals surface area contributed by atoms with Crippen molar-refractivity contribution in [3.63, 3.8) is 0 Å². The summed E-state index contributed by atoms with van der Waals surface area (Å²) in [6.45, 7) is 5.00. The standard InChI is InChI=1S/C10H17F2N/c1-8(2)9-4-3-5-13(9)7-10(11,12)6-9/h8H,3-7H2,1-2H3.